The van der Waals surface area contributed by atoms with E-state index in [9.17, 15) is 4.79 Å². The van der Waals surface area contributed by atoms with Crippen molar-refractivity contribution < 1.29 is 9.90 Å². The highest BCUT2D eigenvalue weighted by molar-refractivity contribution is 5.75. The SMILES string of the molecule is CC(=O)CCN(C)CCC(C)O. The summed E-state index contributed by atoms with van der Waals surface area (Å²) in [6.45, 7) is 5.02. The molecule has 1 atom stereocenters. The van der Waals surface area contributed by atoms with Crippen molar-refractivity contribution in [3.63, 3.8) is 0 Å². The van der Waals surface area contributed by atoms with Crippen LogP contribution in [0.4, 0.5) is 0 Å². The van der Waals surface area contributed by atoms with Gasteiger partial charge in [-0.15, -0.1) is 0 Å². The molecule has 0 saturated heterocycles. The first-order valence-corrected chi connectivity index (χ1v) is 4.38. The molecule has 0 fully saturated rings. The molecule has 0 aliphatic rings. The van der Waals surface area contributed by atoms with Crippen LogP contribution < -0.4 is 0 Å². The molecule has 0 amide bonds. The Morgan fingerprint density at radius 3 is 2.50 bits per heavy atom. The number of hydrogen-bond acceptors (Lipinski definition) is 3. The number of Topliss-reactive ketones (excluding diaryl/α,β-unsaturated/α-hetero) is 1. The molecule has 12 heavy (non-hydrogen) atoms. The van der Waals surface area contributed by atoms with E-state index < -0.39 is 0 Å². The van der Waals surface area contributed by atoms with Gasteiger partial charge in [0.15, 0.2) is 0 Å². The Balaban J connectivity index is 3.33. The Labute approximate surface area is 74.4 Å². The smallest absolute Gasteiger partial charge is 0.131 e. The van der Waals surface area contributed by atoms with E-state index in [1.165, 1.54) is 0 Å². The highest BCUT2D eigenvalue weighted by atomic mass is 16.3. The standard InChI is InChI=1S/C9H19NO2/c1-8(11)4-6-10(3)7-5-9(2)12/h8,11H,4-7H2,1-3H3. The number of nitrogens with zero attached hydrogens (tertiary/aromatic N) is 1. The highest BCUT2D eigenvalue weighted by Gasteiger charge is 2.02. The van der Waals surface area contributed by atoms with Gasteiger partial charge in [-0.1, -0.05) is 0 Å². The van der Waals surface area contributed by atoms with Gasteiger partial charge >= 0.3 is 0 Å². The van der Waals surface area contributed by atoms with Crippen LogP contribution >= 0.6 is 0 Å². The molecule has 0 spiro atoms. The van der Waals surface area contributed by atoms with Gasteiger partial charge in [-0.2, -0.15) is 0 Å². The Morgan fingerprint density at radius 2 is 2.08 bits per heavy atom. The van der Waals surface area contributed by atoms with E-state index in [4.69, 9.17) is 5.11 Å². The predicted octanol–water partition coefficient (Wildman–Crippen LogP) is 0.668. The summed E-state index contributed by atoms with van der Waals surface area (Å²) in [5.74, 6) is 0.221. The molecule has 72 valence electrons. The van der Waals surface area contributed by atoms with Crippen molar-refractivity contribution in [3.8, 4) is 0 Å². The first-order chi connectivity index (χ1) is 5.52. The molecule has 0 aromatic carbocycles. The minimum Gasteiger partial charge on any atom is -0.393 e. The Morgan fingerprint density at radius 1 is 1.50 bits per heavy atom. The molecule has 3 nitrogen and oxygen atoms in total. The molecule has 0 aromatic heterocycles. The molecule has 3 heteroatoms. The van der Waals surface area contributed by atoms with Crippen LogP contribution in [-0.2, 0) is 4.79 Å². The van der Waals surface area contributed by atoms with Crippen LogP contribution in [0.5, 0.6) is 0 Å². The van der Waals surface area contributed by atoms with Gasteiger partial charge in [-0.3, -0.25) is 4.79 Å². The molecule has 0 radical (unpaired) electrons. The zero-order valence-electron chi connectivity index (χ0n) is 8.21. The molecule has 1 unspecified atom stereocenters. The van der Waals surface area contributed by atoms with Crippen LogP contribution in [0.3, 0.4) is 0 Å². The fourth-order valence-electron chi connectivity index (χ4n) is 0.867. The monoisotopic (exact) mass is 173 g/mol. The summed E-state index contributed by atoms with van der Waals surface area (Å²) in [6, 6.07) is 0. The van der Waals surface area contributed by atoms with Gasteiger partial charge in [0.2, 0.25) is 0 Å². The summed E-state index contributed by atoms with van der Waals surface area (Å²) in [6.07, 6.45) is 1.13. The number of aliphatic hydroxyl groups is 1. The maximum atomic E-state index is 10.6. The second-order valence-electron chi connectivity index (χ2n) is 3.39. The Kier molecular flexibility index (Phi) is 5.93. The maximum Gasteiger partial charge on any atom is 0.131 e. The third kappa shape index (κ3) is 7.69. The minimum absolute atomic E-state index is 0.221. The third-order valence-electron chi connectivity index (χ3n) is 1.77. The largest absolute Gasteiger partial charge is 0.393 e. The normalized spacial score (nSPS) is 13.4. The van der Waals surface area contributed by atoms with Crippen molar-refractivity contribution in [2.75, 3.05) is 20.1 Å². The van der Waals surface area contributed by atoms with Gasteiger partial charge in [0.1, 0.15) is 5.78 Å². The number of hydrogen-bond donors (Lipinski definition) is 1. The molecule has 0 heterocycles. The van der Waals surface area contributed by atoms with E-state index in [1.807, 2.05) is 7.05 Å². The van der Waals surface area contributed by atoms with E-state index in [-0.39, 0.29) is 11.9 Å². The Hall–Kier alpha value is -0.410. The van der Waals surface area contributed by atoms with E-state index in [1.54, 1.807) is 13.8 Å². The van der Waals surface area contributed by atoms with Crippen molar-refractivity contribution >= 4 is 5.78 Å². The van der Waals surface area contributed by atoms with E-state index in [0.29, 0.717) is 6.42 Å². The molecule has 1 N–H and O–H groups in total. The van der Waals surface area contributed by atoms with E-state index in [0.717, 1.165) is 19.5 Å². The van der Waals surface area contributed by atoms with Crippen LogP contribution in [0.2, 0.25) is 0 Å². The van der Waals surface area contributed by atoms with Crippen molar-refractivity contribution in [2.45, 2.75) is 32.8 Å². The second kappa shape index (κ2) is 6.14. The number of ketones is 1. The van der Waals surface area contributed by atoms with Crippen LogP contribution in [0.1, 0.15) is 26.7 Å². The summed E-state index contributed by atoms with van der Waals surface area (Å²) in [5, 5.41) is 8.99. The number of carbonyl (C=O) groups is 1. The van der Waals surface area contributed by atoms with Crippen molar-refractivity contribution in [2.24, 2.45) is 0 Å². The lowest BCUT2D eigenvalue weighted by molar-refractivity contribution is -0.117. The van der Waals surface area contributed by atoms with Crippen LogP contribution in [0, 0.1) is 0 Å². The molecular formula is C9H19NO2. The first-order valence-electron chi connectivity index (χ1n) is 4.38. The maximum absolute atomic E-state index is 10.6. The predicted molar refractivity (Wildman–Crippen MR) is 49.1 cm³/mol. The lowest BCUT2D eigenvalue weighted by Crippen LogP contribution is -2.24. The summed E-state index contributed by atoms with van der Waals surface area (Å²) in [5.41, 5.74) is 0. The quantitative estimate of drug-likeness (QED) is 0.641. The van der Waals surface area contributed by atoms with Gasteiger partial charge in [-0.25, -0.2) is 0 Å². The number of aliphatic hydroxyl groups excluding tert-OH is 1. The molecule has 0 saturated carbocycles. The van der Waals surface area contributed by atoms with Crippen LogP contribution in [0.15, 0.2) is 0 Å². The summed E-state index contributed by atoms with van der Waals surface area (Å²) >= 11 is 0. The second-order valence-corrected chi connectivity index (χ2v) is 3.39. The lowest BCUT2D eigenvalue weighted by atomic mass is 10.2. The third-order valence-corrected chi connectivity index (χ3v) is 1.77. The van der Waals surface area contributed by atoms with Crippen molar-refractivity contribution in [1.82, 2.24) is 4.90 Å². The average molecular weight is 173 g/mol. The zero-order valence-corrected chi connectivity index (χ0v) is 8.21. The number of rotatable bonds is 6. The van der Waals surface area contributed by atoms with Gasteiger partial charge in [-0.05, 0) is 27.3 Å². The number of carbonyl (C=O) groups excluding carboxylic acids is 1. The van der Waals surface area contributed by atoms with Crippen LogP contribution in [-0.4, -0.2) is 42.0 Å². The molecule has 0 bridgehead atoms. The molecule has 0 aliphatic heterocycles. The van der Waals surface area contributed by atoms with Crippen molar-refractivity contribution in [1.29, 1.82) is 0 Å². The summed E-state index contributed by atoms with van der Waals surface area (Å²) < 4.78 is 0. The Bertz CT molecular complexity index is 134. The molecule has 0 aromatic rings. The fraction of sp³-hybridized carbons (Fsp3) is 0.889. The molecule has 0 aliphatic carbocycles. The minimum atomic E-state index is -0.246. The van der Waals surface area contributed by atoms with Gasteiger partial charge < -0.3 is 10.0 Å². The van der Waals surface area contributed by atoms with Gasteiger partial charge in [0, 0.05) is 19.5 Å². The zero-order chi connectivity index (χ0) is 9.56. The topological polar surface area (TPSA) is 40.5 Å². The highest BCUT2D eigenvalue weighted by Crippen LogP contribution is 1.94. The summed E-state index contributed by atoms with van der Waals surface area (Å²) in [4.78, 5) is 12.7. The lowest BCUT2D eigenvalue weighted by Gasteiger charge is -2.16. The van der Waals surface area contributed by atoms with Crippen LogP contribution in [0.25, 0.3) is 0 Å². The van der Waals surface area contributed by atoms with Gasteiger partial charge in [0.25, 0.3) is 0 Å². The first kappa shape index (κ1) is 11.6. The summed E-state index contributed by atoms with van der Waals surface area (Å²) in [7, 11) is 1.96. The van der Waals surface area contributed by atoms with E-state index in [2.05, 4.69) is 4.90 Å². The van der Waals surface area contributed by atoms with Crippen molar-refractivity contribution in [3.05, 3.63) is 0 Å². The van der Waals surface area contributed by atoms with E-state index >= 15 is 0 Å². The van der Waals surface area contributed by atoms with Gasteiger partial charge in [0.05, 0.1) is 6.10 Å². The fourth-order valence-corrected chi connectivity index (χ4v) is 0.867. The molecular weight excluding hydrogens is 154 g/mol. The average Bonchev–Trinajstić information content (AvgIpc) is 1.96. The molecule has 0 rings (SSSR count).